The third-order valence-corrected chi connectivity index (χ3v) is 11.0. The van der Waals surface area contributed by atoms with Crippen LogP contribution >= 0.6 is 0 Å². The van der Waals surface area contributed by atoms with Gasteiger partial charge in [0.05, 0.1) is 18.7 Å². The van der Waals surface area contributed by atoms with Crippen molar-refractivity contribution in [3.8, 4) is 6.07 Å². The fraction of sp³-hybridized carbons (Fsp3) is 0.600. The van der Waals surface area contributed by atoms with Crippen LogP contribution in [0.2, 0.25) is 0 Å². The number of amides is 1. The first kappa shape index (κ1) is 29.9. The zero-order valence-corrected chi connectivity index (χ0v) is 25.5. The van der Waals surface area contributed by atoms with Gasteiger partial charge in [-0.25, -0.2) is 9.18 Å². The predicted octanol–water partition coefficient (Wildman–Crippen LogP) is 5.55. The van der Waals surface area contributed by atoms with E-state index in [4.69, 9.17) is 4.74 Å². The number of hydrogen-bond donors (Lipinski definition) is 1. The average Bonchev–Trinajstić information content (AvgIpc) is 3.49. The maximum absolute atomic E-state index is 14.9. The quantitative estimate of drug-likeness (QED) is 0.437. The number of nitrogens with zero attached hydrogens (tertiary/aromatic N) is 4. The van der Waals surface area contributed by atoms with Crippen molar-refractivity contribution in [3.63, 3.8) is 0 Å². The van der Waals surface area contributed by atoms with Gasteiger partial charge < -0.3 is 24.8 Å². The third-order valence-electron chi connectivity index (χ3n) is 11.0. The molecule has 4 fully saturated rings. The molecule has 0 bridgehead atoms. The lowest BCUT2D eigenvalue weighted by molar-refractivity contribution is 0.0151. The minimum absolute atomic E-state index is 0.0267. The van der Waals surface area contributed by atoms with Gasteiger partial charge in [-0.05, 0) is 119 Å². The third kappa shape index (κ3) is 6.25. The van der Waals surface area contributed by atoms with Crippen LogP contribution in [0.3, 0.4) is 0 Å². The van der Waals surface area contributed by atoms with E-state index in [0.29, 0.717) is 17.5 Å². The molecule has 230 valence electrons. The van der Waals surface area contributed by atoms with E-state index in [2.05, 4.69) is 38.2 Å². The van der Waals surface area contributed by atoms with Gasteiger partial charge in [0.2, 0.25) is 0 Å². The Labute approximate surface area is 256 Å². The first-order valence-corrected chi connectivity index (χ1v) is 16.3. The van der Waals surface area contributed by atoms with E-state index < -0.39 is 0 Å². The summed E-state index contributed by atoms with van der Waals surface area (Å²) in [5.74, 6) is 0.466. The molecule has 1 N–H and O–H groups in total. The molecule has 1 aliphatic carbocycles. The molecule has 3 saturated heterocycles. The molecule has 1 amide bonds. The number of rotatable bonds is 8. The smallest absolute Gasteiger partial charge is 0.407 e. The van der Waals surface area contributed by atoms with Crippen molar-refractivity contribution < 1.29 is 13.9 Å². The van der Waals surface area contributed by atoms with Crippen molar-refractivity contribution in [2.24, 2.45) is 11.8 Å². The molecule has 3 atom stereocenters. The standard InChI is InChI=1S/C35H46FN5O2/c1-43-34(42)38-33-11-4-10-32(33)35(25-39-16-5-17-39,28-7-3-8-29(36)23-28)27-12-18-40(19-13-27)30-14-20-41(21-15-30)31-9-2-6-26(22-31)24-37/h2-3,6-9,22-23,27,30,32-33H,4-5,10-21,25H2,1H3,(H,38,42)/t32-,33-,35-/m0/s1. The van der Waals surface area contributed by atoms with E-state index in [-0.39, 0.29) is 29.3 Å². The van der Waals surface area contributed by atoms with Crippen molar-refractivity contribution >= 4 is 11.8 Å². The number of piperidine rings is 2. The van der Waals surface area contributed by atoms with E-state index in [0.717, 1.165) is 102 Å². The number of nitrogens with one attached hydrogen (secondary N) is 1. The summed E-state index contributed by atoms with van der Waals surface area (Å²) in [7, 11) is 1.43. The second-order valence-corrected chi connectivity index (χ2v) is 13.2. The van der Waals surface area contributed by atoms with Crippen molar-refractivity contribution in [1.82, 2.24) is 15.1 Å². The van der Waals surface area contributed by atoms with Crippen molar-refractivity contribution in [1.29, 1.82) is 5.26 Å². The Balaban J connectivity index is 1.21. The van der Waals surface area contributed by atoms with Gasteiger partial charge in [0, 0.05) is 42.8 Å². The molecule has 2 aromatic rings. The summed E-state index contributed by atoms with van der Waals surface area (Å²) in [6.07, 6.45) is 8.28. The van der Waals surface area contributed by atoms with Crippen LogP contribution in [0.1, 0.15) is 62.5 Å². The predicted molar refractivity (Wildman–Crippen MR) is 166 cm³/mol. The van der Waals surface area contributed by atoms with Gasteiger partial charge in [0.15, 0.2) is 0 Å². The summed E-state index contributed by atoms with van der Waals surface area (Å²) in [4.78, 5) is 20.1. The zero-order valence-electron chi connectivity index (χ0n) is 25.5. The Kier molecular flexibility index (Phi) is 9.20. The highest BCUT2D eigenvalue weighted by Crippen LogP contribution is 2.51. The van der Waals surface area contributed by atoms with Gasteiger partial charge in [-0.3, -0.25) is 0 Å². The maximum atomic E-state index is 14.9. The number of hydrogen-bond acceptors (Lipinski definition) is 6. The van der Waals surface area contributed by atoms with Gasteiger partial charge >= 0.3 is 6.09 Å². The number of alkyl carbamates (subject to hydrolysis) is 1. The first-order valence-electron chi connectivity index (χ1n) is 16.3. The molecule has 3 aliphatic heterocycles. The largest absolute Gasteiger partial charge is 0.453 e. The van der Waals surface area contributed by atoms with Gasteiger partial charge in [0.1, 0.15) is 5.82 Å². The molecule has 3 heterocycles. The fourth-order valence-corrected chi connectivity index (χ4v) is 8.78. The lowest BCUT2D eigenvalue weighted by Crippen LogP contribution is -2.60. The summed E-state index contributed by atoms with van der Waals surface area (Å²) in [6, 6.07) is 18.2. The monoisotopic (exact) mass is 587 g/mol. The van der Waals surface area contributed by atoms with E-state index in [1.54, 1.807) is 12.1 Å². The second-order valence-electron chi connectivity index (χ2n) is 13.2. The van der Waals surface area contributed by atoms with Crippen LogP contribution < -0.4 is 10.2 Å². The molecule has 2 aromatic carbocycles. The van der Waals surface area contributed by atoms with Gasteiger partial charge in [-0.2, -0.15) is 5.26 Å². The highest BCUT2D eigenvalue weighted by atomic mass is 19.1. The number of ether oxygens (including phenoxy) is 1. The van der Waals surface area contributed by atoms with Gasteiger partial charge in [-0.1, -0.05) is 24.6 Å². The minimum atomic E-state index is -0.366. The Hall–Kier alpha value is -3.15. The van der Waals surface area contributed by atoms with Crippen LogP contribution in [0.25, 0.3) is 0 Å². The fourth-order valence-electron chi connectivity index (χ4n) is 8.78. The molecule has 7 nitrogen and oxygen atoms in total. The van der Waals surface area contributed by atoms with Crippen molar-refractivity contribution in [2.75, 3.05) is 57.8 Å². The van der Waals surface area contributed by atoms with Crippen LogP contribution in [0.15, 0.2) is 48.5 Å². The van der Waals surface area contributed by atoms with E-state index in [1.165, 1.54) is 13.5 Å². The van der Waals surface area contributed by atoms with E-state index >= 15 is 0 Å². The molecule has 0 aromatic heterocycles. The van der Waals surface area contributed by atoms with Crippen LogP contribution in [-0.2, 0) is 10.2 Å². The van der Waals surface area contributed by atoms with Crippen LogP contribution in [-0.4, -0.2) is 80.9 Å². The van der Waals surface area contributed by atoms with Gasteiger partial charge in [0.25, 0.3) is 0 Å². The summed E-state index contributed by atoms with van der Waals surface area (Å²) in [5, 5.41) is 12.5. The molecular formula is C35H46FN5O2. The number of carbonyl (C=O) groups is 1. The number of anilines is 1. The molecule has 6 rings (SSSR count). The van der Waals surface area contributed by atoms with Crippen LogP contribution in [0, 0.1) is 29.0 Å². The number of halogens is 1. The van der Waals surface area contributed by atoms with Crippen LogP contribution in [0.5, 0.6) is 0 Å². The molecule has 0 spiro atoms. The maximum Gasteiger partial charge on any atom is 0.407 e. The van der Waals surface area contributed by atoms with Crippen molar-refractivity contribution in [3.05, 3.63) is 65.5 Å². The Morgan fingerprint density at radius 3 is 2.42 bits per heavy atom. The normalized spacial score (nSPS) is 25.5. The summed E-state index contributed by atoms with van der Waals surface area (Å²) in [5.41, 5.74) is 2.74. The molecule has 0 unspecified atom stereocenters. The lowest BCUT2D eigenvalue weighted by atomic mass is 9.57. The number of benzene rings is 2. The molecule has 8 heteroatoms. The second kappa shape index (κ2) is 13.2. The summed E-state index contributed by atoms with van der Waals surface area (Å²) in [6.45, 7) is 7.22. The minimum Gasteiger partial charge on any atom is -0.453 e. The lowest BCUT2D eigenvalue weighted by Gasteiger charge is -2.54. The van der Waals surface area contributed by atoms with Gasteiger partial charge in [-0.15, -0.1) is 0 Å². The summed E-state index contributed by atoms with van der Waals surface area (Å²) >= 11 is 0. The average molecular weight is 588 g/mol. The number of carbonyl (C=O) groups excluding carboxylic acids is 1. The SMILES string of the molecule is COC(=O)N[C@H]1CCC[C@@H]1[C@](CN1CCC1)(c1cccc(F)c1)C1CCN(C2CCN(c3cccc(C#N)c3)CC2)CC1. The summed E-state index contributed by atoms with van der Waals surface area (Å²) < 4.78 is 20.0. The van der Waals surface area contributed by atoms with Crippen LogP contribution in [0.4, 0.5) is 14.9 Å². The van der Waals surface area contributed by atoms with E-state index in [1.807, 2.05) is 24.3 Å². The molecule has 43 heavy (non-hydrogen) atoms. The van der Waals surface area contributed by atoms with E-state index in [9.17, 15) is 14.4 Å². The Morgan fingerprint density at radius 2 is 1.74 bits per heavy atom. The topological polar surface area (TPSA) is 71.8 Å². The number of likely N-dealkylation sites (tertiary alicyclic amines) is 2. The molecule has 4 aliphatic rings. The molecule has 1 saturated carbocycles. The first-order chi connectivity index (χ1) is 21.0. The molecule has 0 radical (unpaired) electrons. The molecular weight excluding hydrogens is 541 g/mol. The highest BCUT2D eigenvalue weighted by Gasteiger charge is 2.53. The Bertz CT molecular complexity index is 1300. The highest BCUT2D eigenvalue weighted by molar-refractivity contribution is 5.67. The van der Waals surface area contributed by atoms with Crippen molar-refractivity contribution in [2.45, 2.75) is 68.9 Å². The number of methoxy groups -OCH3 is 1. The Morgan fingerprint density at radius 1 is 0.977 bits per heavy atom. The zero-order chi connectivity index (χ0) is 29.8. The number of nitriles is 1.